The van der Waals surface area contributed by atoms with Gasteiger partial charge in [-0.1, -0.05) is 0 Å². The van der Waals surface area contributed by atoms with E-state index in [2.05, 4.69) is 13.7 Å². The summed E-state index contributed by atoms with van der Waals surface area (Å²) in [4.78, 5) is 8.36. The molecular weight excluding hydrogens is 158 g/mol. The van der Waals surface area contributed by atoms with Crippen LogP contribution in [0.1, 0.15) is 0 Å². The standard InChI is InChI=1S/HO6P2/c1-7(2)6-8(3)4-5-8/h3H/q+1. The minimum atomic E-state index is -3.32. The molecular formula is HO6P2+. The van der Waals surface area contributed by atoms with E-state index in [4.69, 9.17) is 4.89 Å². The molecule has 0 bridgehead atoms. The second-order valence-corrected chi connectivity index (χ2v) is 3.26. The second-order valence-electron chi connectivity index (χ2n) is 0.923. The van der Waals surface area contributed by atoms with Crippen LogP contribution in [0.15, 0.2) is 0 Å². The molecule has 0 atom stereocenters. The first kappa shape index (κ1) is 6.29. The molecule has 1 fully saturated rings. The molecule has 1 aliphatic rings. The lowest BCUT2D eigenvalue weighted by molar-refractivity contribution is 0.0850. The third-order valence-corrected chi connectivity index (χ3v) is 2.13. The van der Waals surface area contributed by atoms with Crippen molar-refractivity contribution in [2.24, 2.45) is 0 Å². The van der Waals surface area contributed by atoms with Gasteiger partial charge in [0.1, 0.15) is 0 Å². The molecule has 0 aliphatic carbocycles. The van der Waals surface area contributed by atoms with Gasteiger partial charge in [0.25, 0.3) is 0 Å². The van der Waals surface area contributed by atoms with Crippen LogP contribution in [0.4, 0.5) is 0 Å². The fourth-order valence-electron chi connectivity index (χ4n) is 0.140. The third-order valence-electron chi connectivity index (χ3n) is 0.372. The monoisotopic (exact) mass is 159 g/mol. The molecule has 1 rings (SSSR count). The van der Waals surface area contributed by atoms with Gasteiger partial charge >= 0.3 is 16.1 Å². The first-order chi connectivity index (χ1) is 3.62. The number of rotatable bonds is 2. The molecule has 0 aromatic rings. The van der Waals surface area contributed by atoms with Gasteiger partial charge in [-0.2, -0.15) is 14.0 Å². The Hall–Kier alpha value is 0.170. The topological polar surface area (TPSA) is 88.7 Å². The summed E-state index contributed by atoms with van der Waals surface area (Å²) in [7, 11) is -6.39. The van der Waals surface area contributed by atoms with E-state index in [1.165, 1.54) is 0 Å². The van der Waals surface area contributed by atoms with E-state index in [1.807, 2.05) is 0 Å². The van der Waals surface area contributed by atoms with Crippen molar-refractivity contribution < 1.29 is 27.7 Å². The van der Waals surface area contributed by atoms with E-state index >= 15 is 0 Å². The summed E-state index contributed by atoms with van der Waals surface area (Å²) >= 11 is 0. The van der Waals surface area contributed by atoms with Gasteiger partial charge in [-0.15, -0.1) is 0 Å². The Morgan fingerprint density at radius 2 is 2.00 bits per heavy atom. The summed E-state index contributed by atoms with van der Waals surface area (Å²) in [6, 6.07) is 0. The minimum absolute atomic E-state index is 3.08. The van der Waals surface area contributed by atoms with Crippen molar-refractivity contribution in [1.82, 2.24) is 0 Å². The van der Waals surface area contributed by atoms with E-state index in [9.17, 15) is 9.13 Å². The highest BCUT2D eigenvalue weighted by atomic mass is 31.3. The Kier molecular flexibility index (Phi) is 1.45. The lowest BCUT2D eigenvalue weighted by atomic mass is 15.0. The van der Waals surface area contributed by atoms with Crippen LogP contribution in [0.2, 0.25) is 0 Å². The van der Waals surface area contributed by atoms with Crippen molar-refractivity contribution in [1.29, 1.82) is 0 Å². The maximum atomic E-state index is 9.58. The van der Waals surface area contributed by atoms with Gasteiger partial charge in [-0.05, 0) is 4.31 Å². The molecule has 8 heteroatoms. The Labute approximate surface area is 44.9 Å². The highest BCUT2D eigenvalue weighted by molar-refractivity contribution is 7.64. The molecule has 6 nitrogen and oxygen atoms in total. The van der Waals surface area contributed by atoms with Gasteiger partial charge in [0, 0.05) is 0 Å². The molecule has 46 valence electrons. The summed E-state index contributed by atoms with van der Waals surface area (Å²) in [5.74, 6) is 0. The lowest BCUT2D eigenvalue weighted by Gasteiger charge is -1.69. The molecule has 1 heterocycles. The van der Waals surface area contributed by atoms with Crippen LogP contribution < -0.4 is 0 Å². The van der Waals surface area contributed by atoms with Crippen LogP contribution >= 0.6 is 16.1 Å². The summed E-state index contributed by atoms with van der Waals surface area (Å²) in [6.45, 7) is 0. The molecule has 0 amide bonds. The number of hydrogen-bond acceptors (Lipinski definition) is 6. The summed E-state index contributed by atoms with van der Waals surface area (Å²) in [5.41, 5.74) is 0. The van der Waals surface area contributed by atoms with Crippen LogP contribution in [0.5, 0.6) is 0 Å². The fourth-order valence-corrected chi connectivity index (χ4v) is 1.26. The van der Waals surface area contributed by atoms with Gasteiger partial charge in [0.15, 0.2) is 0 Å². The SMILES string of the molecule is O=P(=O)O[P+]1(O)OO1. The van der Waals surface area contributed by atoms with Crippen molar-refractivity contribution in [2.75, 3.05) is 0 Å². The first-order valence-electron chi connectivity index (χ1n) is 1.46. The first-order valence-corrected chi connectivity index (χ1v) is 4.05. The molecule has 0 aromatic heterocycles. The van der Waals surface area contributed by atoms with Crippen LogP contribution in [-0.2, 0) is 22.8 Å². The predicted molar refractivity (Wildman–Crippen MR) is 20.7 cm³/mol. The lowest BCUT2D eigenvalue weighted by Crippen LogP contribution is -1.63. The van der Waals surface area contributed by atoms with E-state index in [1.54, 1.807) is 0 Å². The van der Waals surface area contributed by atoms with Crippen molar-refractivity contribution in [3.63, 3.8) is 0 Å². The zero-order valence-electron chi connectivity index (χ0n) is 3.38. The average Bonchev–Trinajstić information content (AvgIpc) is 2.17. The number of hydrogen-bond donors (Lipinski definition) is 1. The highest BCUT2D eigenvalue weighted by Crippen LogP contribution is 2.75. The van der Waals surface area contributed by atoms with Crippen LogP contribution in [-0.4, -0.2) is 4.89 Å². The third kappa shape index (κ3) is 1.59. The van der Waals surface area contributed by atoms with E-state index in [0.717, 1.165) is 0 Å². The normalized spacial score (nSPS) is 22.6. The highest BCUT2D eigenvalue weighted by Gasteiger charge is 2.70. The largest absolute Gasteiger partial charge is 0.656 e. The second kappa shape index (κ2) is 1.84. The zero-order chi connectivity index (χ0) is 6.20. The summed E-state index contributed by atoms with van der Waals surface area (Å²) in [6.07, 6.45) is 0. The molecule has 0 aromatic carbocycles. The maximum Gasteiger partial charge on any atom is 0.656 e. The molecule has 0 spiro atoms. The van der Waals surface area contributed by atoms with Gasteiger partial charge < -0.3 is 0 Å². The molecule has 1 aliphatic heterocycles. The fraction of sp³-hybridized carbons (Fsp3) is 0. The molecule has 0 radical (unpaired) electrons. The molecule has 8 heavy (non-hydrogen) atoms. The zero-order valence-corrected chi connectivity index (χ0v) is 5.17. The summed E-state index contributed by atoms with van der Waals surface area (Å²) < 4.78 is 30.4. The van der Waals surface area contributed by atoms with Crippen LogP contribution in [0.3, 0.4) is 0 Å². The predicted octanol–water partition coefficient (Wildman–Crippen LogP) is 0.723. The molecule has 1 N–H and O–H groups in total. The molecule has 0 unspecified atom stereocenters. The van der Waals surface area contributed by atoms with Crippen molar-refractivity contribution >= 4 is 16.1 Å². The molecule has 1 saturated heterocycles. The van der Waals surface area contributed by atoms with E-state index in [0.29, 0.717) is 0 Å². The average molecular weight is 159 g/mol. The maximum absolute atomic E-state index is 9.58. The van der Waals surface area contributed by atoms with E-state index in [-0.39, 0.29) is 0 Å². The van der Waals surface area contributed by atoms with Crippen molar-refractivity contribution in [3.05, 3.63) is 0 Å². The molecule has 0 saturated carbocycles. The Morgan fingerprint density at radius 3 is 2.12 bits per heavy atom. The van der Waals surface area contributed by atoms with Gasteiger partial charge in [0.05, 0.1) is 9.35 Å². The smallest absolute Gasteiger partial charge is 0.200 e. The van der Waals surface area contributed by atoms with Gasteiger partial charge in [0.2, 0.25) is 0 Å². The minimum Gasteiger partial charge on any atom is -0.200 e. The summed E-state index contributed by atoms with van der Waals surface area (Å²) in [5, 5.41) is 0. The van der Waals surface area contributed by atoms with Gasteiger partial charge in [-0.3, -0.25) is 0 Å². The van der Waals surface area contributed by atoms with Crippen LogP contribution in [0.25, 0.3) is 0 Å². The van der Waals surface area contributed by atoms with Crippen molar-refractivity contribution in [2.45, 2.75) is 0 Å². The quantitative estimate of drug-likeness (QED) is 0.362. The van der Waals surface area contributed by atoms with Gasteiger partial charge in [-0.25, -0.2) is 0 Å². The van der Waals surface area contributed by atoms with E-state index < -0.39 is 16.1 Å². The Morgan fingerprint density at radius 1 is 1.50 bits per heavy atom. The Bertz CT molecular complexity index is 144. The van der Waals surface area contributed by atoms with Crippen molar-refractivity contribution in [3.8, 4) is 0 Å². The Balaban J connectivity index is 2.40. The van der Waals surface area contributed by atoms with Crippen LogP contribution in [0, 0.1) is 0 Å².